The Labute approximate surface area is 109 Å². The number of piperidine rings is 1. The van der Waals surface area contributed by atoms with Crippen molar-refractivity contribution in [3.8, 4) is 0 Å². The molecule has 0 saturated carbocycles. The predicted molar refractivity (Wildman–Crippen MR) is 71.2 cm³/mol. The SMILES string of the molecule is CNC(=O)C1CCCCN1C(=O)CNC(C)(C)C. The van der Waals surface area contributed by atoms with E-state index >= 15 is 0 Å². The molecule has 0 aliphatic carbocycles. The third-order valence-electron chi connectivity index (χ3n) is 3.14. The molecule has 2 amide bonds. The molecule has 5 heteroatoms. The number of likely N-dealkylation sites (tertiary alicyclic amines) is 1. The zero-order chi connectivity index (χ0) is 13.8. The van der Waals surface area contributed by atoms with E-state index < -0.39 is 0 Å². The van der Waals surface area contributed by atoms with Crippen molar-refractivity contribution in [2.24, 2.45) is 0 Å². The van der Waals surface area contributed by atoms with Crippen molar-refractivity contribution in [3.05, 3.63) is 0 Å². The van der Waals surface area contributed by atoms with Gasteiger partial charge in [-0.25, -0.2) is 0 Å². The second kappa shape index (κ2) is 6.18. The number of carbonyl (C=O) groups excluding carboxylic acids is 2. The quantitative estimate of drug-likeness (QED) is 0.772. The zero-order valence-electron chi connectivity index (χ0n) is 11.9. The van der Waals surface area contributed by atoms with Crippen molar-refractivity contribution in [3.63, 3.8) is 0 Å². The summed E-state index contributed by atoms with van der Waals surface area (Å²) in [5, 5.41) is 5.81. The van der Waals surface area contributed by atoms with Crippen LogP contribution in [0.1, 0.15) is 40.0 Å². The van der Waals surface area contributed by atoms with Crippen molar-refractivity contribution >= 4 is 11.8 Å². The highest BCUT2D eigenvalue weighted by molar-refractivity contribution is 5.88. The van der Waals surface area contributed by atoms with Crippen LogP contribution in [0.15, 0.2) is 0 Å². The monoisotopic (exact) mass is 255 g/mol. The second-order valence-corrected chi connectivity index (χ2v) is 5.82. The Kier molecular flexibility index (Phi) is 5.14. The number of rotatable bonds is 3. The van der Waals surface area contributed by atoms with E-state index in [1.807, 2.05) is 20.8 Å². The van der Waals surface area contributed by atoms with Gasteiger partial charge in [-0.2, -0.15) is 0 Å². The number of amides is 2. The molecule has 0 aromatic heterocycles. The average Bonchev–Trinajstić information content (AvgIpc) is 2.34. The summed E-state index contributed by atoms with van der Waals surface area (Å²) in [6, 6.07) is -0.294. The van der Waals surface area contributed by atoms with Crippen LogP contribution in [0, 0.1) is 0 Å². The van der Waals surface area contributed by atoms with E-state index in [9.17, 15) is 9.59 Å². The predicted octanol–water partition coefficient (Wildman–Crippen LogP) is 0.502. The van der Waals surface area contributed by atoms with Gasteiger partial charge in [0.25, 0.3) is 0 Å². The van der Waals surface area contributed by atoms with Gasteiger partial charge in [-0.05, 0) is 40.0 Å². The van der Waals surface area contributed by atoms with Crippen molar-refractivity contribution < 1.29 is 9.59 Å². The van der Waals surface area contributed by atoms with Gasteiger partial charge in [-0.15, -0.1) is 0 Å². The molecule has 2 N–H and O–H groups in total. The zero-order valence-corrected chi connectivity index (χ0v) is 11.9. The number of likely N-dealkylation sites (N-methyl/N-ethyl adjacent to an activating group) is 1. The van der Waals surface area contributed by atoms with Crippen LogP contribution >= 0.6 is 0 Å². The minimum atomic E-state index is -0.294. The molecule has 0 aromatic rings. The molecular weight excluding hydrogens is 230 g/mol. The molecule has 1 aliphatic heterocycles. The molecule has 1 heterocycles. The Morgan fingerprint density at radius 1 is 1.28 bits per heavy atom. The molecule has 18 heavy (non-hydrogen) atoms. The Bertz CT molecular complexity index is 310. The van der Waals surface area contributed by atoms with E-state index in [-0.39, 0.29) is 29.9 Å². The van der Waals surface area contributed by atoms with E-state index in [0.717, 1.165) is 19.3 Å². The highest BCUT2D eigenvalue weighted by Gasteiger charge is 2.31. The summed E-state index contributed by atoms with van der Waals surface area (Å²) in [6.45, 7) is 7.03. The first-order valence-corrected chi connectivity index (χ1v) is 6.61. The smallest absolute Gasteiger partial charge is 0.242 e. The highest BCUT2D eigenvalue weighted by Crippen LogP contribution is 2.17. The fourth-order valence-electron chi connectivity index (χ4n) is 2.11. The number of hydrogen-bond acceptors (Lipinski definition) is 3. The maximum Gasteiger partial charge on any atom is 0.242 e. The molecule has 1 rings (SSSR count). The van der Waals surface area contributed by atoms with Crippen molar-refractivity contribution in [1.29, 1.82) is 0 Å². The minimum Gasteiger partial charge on any atom is -0.357 e. The normalized spacial score (nSPS) is 20.7. The Morgan fingerprint density at radius 2 is 1.94 bits per heavy atom. The van der Waals surface area contributed by atoms with E-state index in [2.05, 4.69) is 10.6 Å². The third kappa shape index (κ3) is 4.29. The van der Waals surface area contributed by atoms with Crippen molar-refractivity contribution in [1.82, 2.24) is 15.5 Å². The van der Waals surface area contributed by atoms with Gasteiger partial charge in [-0.1, -0.05) is 0 Å². The first kappa shape index (κ1) is 15.0. The molecule has 1 saturated heterocycles. The second-order valence-electron chi connectivity index (χ2n) is 5.82. The van der Waals surface area contributed by atoms with E-state index in [0.29, 0.717) is 6.54 Å². The fraction of sp³-hybridized carbons (Fsp3) is 0.846. The molecular formula is C13H25N3O2. The topological polar surface area (TPSA) is 61.4 Å². The van der Waals surface area contributed by atoms with Crippen LogP contribution in [0.25, 0.3) is 0 Å². The number of hydrogen-bond donors (Lipinski definition) is 2. The molecule has 0 radical (unpaired) electrons. The average molecular weight is 255 g/mol. The first-order valence-electron chi connectivity index (χ1n) is 6.61. The number of nitrogens with zero attached hydrogens (tertiary/aromatic N) is 1. The van der Waals surface area contributed by atoms with Crippen LogP contribution in [0.5, 0.6) is 0 Å². The van der Waals surface area contributed by atoms with Crippen LogP contribution in [-0.2, 0) is 9.59 Å². The number of carbonyl (C=O) groups is 2. The van der Waals surface area contributed by atoms with Gasteiger partial charge in [0.15, 0.2) is 0 Å². The lowest BCUT2D eigenvalue weighted by molar-refractivity contribution is -0.141. The van der Waals surface area contributed by atoms with Gasteiger partial charge in [-0.3, -0.25) is 9.59 Å². The third-order valence-corrected chi connectivity index (χ3v) is 3.14. The van der Waals surface area contributed by atoms with Crippen molar-refractivity contribution in [2.45, 2.75) is 51.6 Å². The summed E-state index contributed by atoms with van der Waals surface area (Å²) in [6.07, 6.45) is 2.75. The number of nitrogens with one attached hydrogen (secondary N) is 2. The summed E-state index contributed by atoms with van der Waals surface area (Å²) in [5.74, 6) is -0.0444. The van der Waals surface area contributed by atoms with Crippen molar-refractivity contribution in [2.75, 3.05) is 20.1 Å². The molecule has 1 atom stereocenters. The molecule has 1 fully saturated rings. The van der Waals surface area contributed by atoms with Crippen LogP contribution in [-0.4, -0.2) is 48.4 Å². The maximum atomic E-state index is 12.2. The Morgan fingerprint density at radius 3 is 2.50 bits per heavy atom. The van der Waals surface area contributed by atoms with E-state index in [4.69, 9.17) is 0 Å². The van der Waals surface area contributed by atoms with Gasteiger partial charge in [0.2, 0.25) is 11.8 Å². The summed E-state index contributed by atoms with van der Waals surface area (Å²) >= 11 is 0. The van der Waals surface area contributed by atoms with E-state index in [1.165, 1.54) is 0 Å². The lowest BCUT2D eigenvalue weighted by Crippen LogP contribution is -2.54. The summed E-state index contributed by atoms with van der Waals surface area (Å²) in [4.78, 5) is 25.6. The molecule has 1 unspecified atom stereocenters. The minimum absolute atomic E-state index is 0.0122. The Hall–Kier alpha value is -1.10. The summed E-state index contributed by atoms with van der Waals surface area (Å²) in [5.41, 5.74) is -0.0893. The van der Waals surface area contributed by atoms with Crippen LogP contribution in [0.2, 0.25) is 0 Å². The first-order chi connectivity index (χ1) is 8.35. The standard InChI is InChI=1S/C13H25N3O2/c1-13(2,3)15-9-11(17)16-8-6-5-7-10(16)12(18)14-4/h10,15H,5-9H2,1-4H3,(H,14,18). The molecule has 0 aromatic carbocycles. The van der Waals surface area contributed by atoms with Crippen LogP contribution in [0.3, 0.4) is 0 Å². The van der Waals surface area contributed by atoms with E-state index in [1.54, 1.807) is 11.9 Å². The highest BCUT2D eigenvalue weighted by atomic mass is 16.2. The van der Waals surface area contributed by atoms with Crippen LogP contribution < -0.4 is 10.6 Å². The maximum absolute atomic E-state index is 12.2. The molecule has 5 nitrogen and oxygen atoms in total. The van der Waals surface area contributed by atoms with Gasteiger partial charge < -0.3 is 15.5 Å². The van der Waals surface area contributed by atoms with Gasteiger partial charge >= 0.3 is 0 Å². The largest absolute Gasteiger partial charge is 0.357 e. The molecule has 1 aliphatic rings. The lowest BCUT2D eigenvalue weighted by atomic mass is 10.0. The molecule has 0 bridgehead atoms. The summed E-state index contributed by atoms with van der Waals surface area (Å²) < 4.78 is 0. The molecule has 104 valence electrons. The van der Waals surface area contributed by atoms with Gasteiger partial charge in [0.1, 0.15) is 6.04 Å². The summed E-state index contributed by atoms with van der Waals surface area (Å²) in [7, 11) is 1.62. The van der Waals surface area contributed by atoms with Gasteiger partial charge in [0, 0.05) is 19.1 Å². The lowest BCUT2D eigenvalue weighted by Gasteiger charge is -2.35. The Balaban J connectivity index is 2.60. The molecule has 0 spiro atoms. The van der Waals surface area contributed by atoms with Crippen LogP contribution in [0.4, 0.5) is 0 Å². The fourth-order valence-corrected chi connectivity index (χ4v) is 2.11. The van der Waals surface area contributed by atoms with Gasteiger partial charge in [0.05, 0.1) is 6.54 Å².